The molecule has 0 aromatic heterocycles. The third-order valence-corrected chi connectivity index (χ3v) is 8.93. The zero-order chi connectivity index (χ0) is 25.4. The predicted molar refractivity (Wildman–Crippen MR) is 132 cm³/mol. The third kappa shape index (κ3) is 3.93. The van der Waals surface area contributed by atoms with Gasteiger partial charge in [-0.05, 0) is 32.1 Å². The van der Waals surface area contributed by atoms with E-state index in [-0.39, 0.29) is 36.9 Å². The topological polar surface area (TPSA) is 90.4 Å². The molecule has 8 nitrogen and oxygen atoms in total. The first kappa shape index (κ1) is 25.9. The van der Waals surface area contributed by atoms with Crippen LogP contribution in [0.4, 0.5) is 0 Å². The highest BCUT2D eigenvalue weighted by Crippen LogP contribution is 2.64. The summed E-state index contributed by atoms with van der Waals surface area (Å²) in [6.45, 7) is 10.2. The average Bonchev–Trinajstić information content (AvgIpc) is 3.46. The van der Waals surface area contributed by atoms with Crippen molar-refractivity contribution < 1.29 is 24.2 Å². The van der Waals surface area contributed by atoms with E-state index < -0.39 is 29.1 Å². The largest absolute Gasteiger partial charge is 0.395 e. The van der Waals surface area contributed by atoms with Crippen molar-refractivity contribution >= 4 is 17.7 Å². The van der Waals surface area contributed by atoms with Crippen LogP contribution in [0.2, 0.25) is 0 Å². The number of β-amino-alcohol motifs (C(OH)–C–C–N with tert-alkyl or cyclic N) is 1. The zero-order valence-electron chi connectivity index (χ0n) is 21.3. The lowest BCUT2D eigenvalue weighted by Gasteiger charge is -2.40. The fraction of sp³-hybridized carbons (Fsp3) is 0.741. The number of hydrogen-bond donors (Lipinski definition) is 1. The second-order valence-corrected chi connectivity index (χ2v) is 10.7. The van der Waals surface area contributed by atoms with Crippen LogP contribution in [0, 0.1) is 11.8 Å². The van der Waals surface area contributed by atoms with E-state index in [0.717, 1.165) is 25.7 Å². The molecule has 3 saturated heterocycles. The van der Waals surface area contributed by atoms with Crippen molar-refractivity contribution in [2.45, 2.75) is 81.6 Å². The van der Waals surface area contributed by atoms with Crippen LogP contribution < -0.4 is 0 Å². The fourth-order valence-electron chi connectivity index (χ4n) is 7.35. The fourth-order valence-corrected chi connectivity index (χ4v) is 7.35. The average molecular weight is 488 g/mol. The Morgan fingerprint density at radius 3 is 2.43 bits per heavy atom. The van der Waals surface area contributed by atoms with Gasteiger partial charge in [-0.3, -0.25) is 14.4 Å². The Bertz CT molecular complexity index is 871. The van der Waals surface area contributed by atoms with Gasteiger partial charge in [0.05, 0.1) is 24.0 Å². The molecule has 4 fully saturated rings. The van der Waals surface area contributed by atoms with Gasteiger partial charge in [-0.1, -0.05) is 38.3 Å². The summed E-state index contributed by atoms with van der Waals surface area (Å²) in [7, 11) is 1.72. The molecular formula is C27H41N3O5. The SMILES string of the molecule is C=CCN(C)C(=O)[C@H]1[C@H]2C(=O)N(CCO)C(C(=O)N(CC=C)C3CCCCC3)C23CC[C@]1(CC)O3. The van der Waals surface area contributed by atoms with Crippen LogP contribution in [-0.4, -0.2) is 94.1 Å². The van der Waals surface area contributed by atoms with E-state index in [1.54, 1.807) is 24.1 Å². The molecule has 35 heavy (non-hydrogen) atoms. The van der Waals surface area contributed by atoms with Crippen LogP contribution in [0.15, 0.2) is 25.3 Å². The molecule has 2 unspecified atom stereocenters. The lowest BCUT2D eigenvalue weighted by molar-refractivity contribution is -0.156. The van der Waals surface area contributed by atoms with E-state index in [0.29, 0.717) is 32.4 Å². The maximum Gasteiger partial charge on any atom is 0.248 e. The number of nitrogens with zero attached hydrogens (tertiary/aromatic N) is 3. The number of rotatable bonds is 10. The molecule has 1 saturated carbocycles. The molecule has 4 rings (SSSR count). The molecule has 8 heteroatoms. The standard InChI is InChI=1S/C27H41N3O5/c1-5-15-28(4)23(32)20-21-24(33)30(17-18-31)22(27(21)14-13-26(20,7-3)35-27)25(34)29(16-6-2)19-11-9-8-10-12-19/h5-6,19-22,31H,1-2,7-18H2,3-4H3/t20-,21+,22?,26+,27?/m1/s1. The highest BCUT2D eigenvalue weighted by atomic mass is 16.5. The van der Waals surface area contributed by atoms with Crippen LogP contribution in [0.5, 0.6) is 0 Å². The van der Waals surface area contributed by atoms with Crippen LogP contribution in [0.1, 0.15) is 58.3 Å². The van der Waals surface area contributed by atoms with Crippen LogP contribution in [0.3, 0.4) is 0 Å². The Kier molecular flexibility index (Phi) is 7.44. The van der Waals surface area contributed by atoms with Crippen molar-refractivity contribution in [1.82, 2.24) is 14.7 Å². The molecule has 5 atom stereocenters. The van der Waals surface area contributed by atoms with Crippen molar-refractivity contribution in [1.29, 1.82) is 0 Å². The van der Waals surface area contributed by atoms with Gasteiger partial charge < -0.3 is 24.5 Å². The Hall–Kier alpha value is -2.19. The molecule has 1 spiro atoms. The van der Waals surface area contributed by atoms with Crippen LogP contribution in [0.25, 0.3) is 0 Å². The van der Waals surface area contributed by atoms with E-state index in [1.807, 2.05) is 11.8 Å². The van der Waals surface area contributed by atoms with Gasteiger partial charge in [-0.15, -0.1) is 13.2 Å². The minimum absolute atomic E-state index is 0.0476. The van der Waals surface area contributed by atoms with Crippen LogP contribution >= 0.6 is 0 Å². The molecule has 4 aliphatic rings. The minimum atomic E-state index is -1.05. The number of aliphatic hydroxyl groups excluding tert-OH is 1. The number of amides is 3. The van der Waals surface area contributed by atoms with E-state index in [1.165, 1.54) is 11.3 Å². The molecule has 1 N–H and O–H groups in total. The van der Waals surface area contributed by atoms with Gasteiger partial charge in [-0.25, -0.2) is 0 Å². The smallest absolute Gasteiger partial charge is 0.248 e. The highest BCUT2D eigenvalue weighted by Gasteiger charge is 2.79. The number of carbonyl (C=O) groups excluding carboxylic acids is 3. The summed E-state index contributed by atoms with van der Waals surface area (Å²) >= 11 is 0. The Morgan fingerprint density at radius 2 is 1.83 bits per heavy atom. The highest BCUT2D eigenvalue weighted by molar-refractivity contribution is 5.99. The summed E-state index contributed by atoms with van der Waals surface area (Å²) in [6.07, 6.45) is 10.4. The first-order chi connectivity index (χ1) is 16.8. The summed E-state index contributed by atoms with van der Waals surface area (Å²) in [5.41, 5.74) is -1.81. The molecule has 2 bridgehead atoms. The van der Waals surface area contributed by atoms with E-state index in [2.05, 4.69) is 13.2 Å². The molecule has 3 aliphatic heterocycles. The van der Waals surface area contributed by atoms with Crippen molar-refractivity contribution in [3.63, 3.8) is 0 Å². The Labute approximate surface area is 208 Å². The summed E-state index contributed by atoms with van der Waals surface area (Å²) in [5.74, 6) is -1.91. The third-order valence-electron chi connectivity index (χ3n) is 8.93. The number of ether oxygens (including phenoxy) is 1. The minimum Gasteiger partial charge on any atom is -0.395 e. The van der Waals surface area contributed by atoms with Crippen molar-refractivity contribution in [3.05, 3.63) is 25.3 Å². The number of carbonyl (C=O) groups is 3. The Balaban J connectivity index is 1.76. The molecule has 0 radical (unpaired) electrons. The second kappa shape index (κ2) is 10.1. The maximum absolute atomic E-state index is 14.3. The van der Waals surface area contributed by atoms with Gasteiger partial charge >= 0.3 is 0 Å². The molecule has 1 aliphatic carbocycles. The summed E-state index contributed by atoms with van der Waals surface area (Å²) in [5, 5.41) is 9.83. The lowest BCUT2D eigenvalue weighted by Crippen LogP contribution is -2.58. The molecular weight excluding hydrogens is 446 g/mol. The first-order valence-electron chi connectivity index (χ1n) is 13.2. The maximum atomic E-state index is 14.3. The molecule has 194 valence electrons. The van der Waals surface area contributed by atoms with E-state index in [4.69, 9.17) is 4.74 Å². The van der Waals surface area contributed by atoms with Crippen molar-refractivity contribution in [2.75, 3.05) is 33.3 Å². The van der Waals surface area contributed by atoms with Gasteiger partial charge in [0.1, 0.15) is 11.6 Å². The number of fused-ring (bicyclic) bond motifs is 1. The van der Waals surface area contributed by atoms with E-state index >= 15 is 0 Å². The molecule has 0 aromatic carbocycles. The second-order valence-electron chi connectivity index (χ2n) is 10.7. The summed E-state index contributed by atoms with van der Waals surface area (Å²) in [4.78, 5) is 46.9. The van der Waals surface area contributed by atoms with Gasteiger partial charge in [0.25, 0.3) is 0 Å². The number of aliphatic hydroxyl groups is 1. The number of likely N-dealkylation sites (N-methyl/N-ethyl adjacent to an activating group) is 1. The molecule has 3 heterocycles. The van der Waals surface area contributed by atoms with E-state index in [9.17, 15) is 19.5 Å². The quantitative estimate of drug-likeness (QED) is 0.477. The first-order valence-corrected chi connectivity index (χ1v) is 13.2. The zero-order valence-corrected chi connectivity index (χ0v) is 21.3. The van der Waals surface area contributed by atoms with Gasteiger partial charge in [0.2, 0.25) is 17.7 Å². The monoisotopic (exact) mass is 487 g/mol. The summed E-state index contributed by atoms with van der Waals surface area (Å²) in [6, 6.07) is -0.740. The molecule has 3 amide bonds. The van der Waals surface area contributed by atoms with Crippen molar-refractivity contribution in [2.24, 2.45) is 11.8 Å². The normalized spacial score (nSPS) is 34.1. The Morgan fingerprint density at radius 1 is 1.14 bits per heavy atom. The van der Waals surface area contributed by atoms with Crippen LogP contribution in [-0.2, 0) is 19.1 Å². The predicted octanol–water partition coefficient (Wildman–Crippen LogP) is 2.13. The van der Waals surface area contributed by atoms with Gasteiger partial charge in [0, 0.05) is 32.7 Å². The van der Waals surface area contributed by atoms with Gasteiger partial charge in [-0.2, -0.15) is 0 Å². The lowest BCUT2D eigenvalue weighted by atomic mass is 9.64. The van der Waals surface area contributed by atoms with Crippen molar-refractivity contribution in [3.8, 4) is 0 Å². The van der Waals surface area contributed by atoms with Gasteiger partial charge in [0.15, 0.2) is 0 Å². The summed E-state index contributed by atoms with van der Waals surface area (Å²) < 4.78 is 6.79. The molecule has 0 aromatic rings. The number of hydrogen-bond acceptors (Lipinski definition) is 5. The number of likely N-dealkylation sites (tertiary alicyclic amines) is 1.